The Labute approximate surface area is 185 Å². The molecule has 0 aliphatic carbocycles. The van der Waals surface area contributed by atoms with Gasteiger partial charge in [-0.1, -0.05) is 6.07 Å². The summed E-state index contributed by atoms with van der Waals surface area (Å²) in [6, 6.07) is 7.90. The van der Waals surface area contributed by atoms with Crippen LogP contribution in [0, 0.1) is 11.6 Å². The summed E-state index contributed by atoms with van der Waals surface area (Å²) in [7, 11) is 1.40. The number of carbonyl (C=O) groups excluding carboxylic acids is 2. The van der Waals surface area contributed by atoms with Crippen LogP contribution >= 0.6 is 11.3 Å². The van der Waals surface area contributed by atoms with Crippen LogP contribution in [0.1, 0.15) is 12.5 Å². The quantitative estimate of drug-likeness (QED) is 0.401. The monoisotopic (exact) mass is 460 g/mol. The normalized spacial score (nSPS) is 11.9. The molecular weight excluding hydrogens is 442 g/mol. The first-order chi connectivity index (χ1) is 15.3. The second-order valence-electron chi connectivity index (χ2n) is 6.50. The number of amides is 1. The first-order valence-corrected chi connectivity index (χ1v) is 10.1. The zero-order valence-corrected chi connectivity index (χ0v) is 17.8. The molecule has 2 N–H and O–H groups in total. The minimum Gasteiger partial charge on any atom is -0.504 e. The molecule has 1 heterocycles. The Morgan fingerprint density at radius 1 is 1.19 bits per heavy atom. The highest BCUT2D eigenvalue weighted by atomic mass is 32.1. The van der Waals surface area contributed by atoms with Crippen LogP contribution in [0.25, 0.3) is 17.3 Å². The van der Waals surface area contributed by atoms with Crippen molar-refractivity contribution >= 4 is 34.4 Å². The molecule has 32 heavy (non-hydrogen) atoms. The topological polar surface area (TPSA) is 97.8 Å². The Balaban J connectivity index is 1.57. The summed E-state index contributed by atoms with van der Waals surface area (Å²) in [5.41, 5.74) is 1.30. The first-order valence-electron chi connectivity index (χ1n) is 9.24. The number of anilines is 1. The molecule has 1 atom stereocenters. The van der Waals surface area contributed by atoms with E-state index in [0.29, 0.717) is 16.8 Å². The van der Waals surface area contributed by atoms with E-state index in [1.807, 2.05) is 0 Å². The number of methoxy groups -OCH3 is 1. The van der Waals surface area contributed by atoms with Crippen LogP contribution < -0.4 is 10.1 Å². The van der Waals surface area contributed by atoms with Crippen molar-refractivity contribution in [1.82, 2.24) is 4.98 Å². The molecule has 0 bridgehead atoms. The van der Waals surface area contributed by atoms with Gasteiger partial charge in [0.15, 0.2) is 34.4 Å². The maximum atomic E-state index is 13.4. The number of phenolic OH excluding ortho intramolecular Hbond substituents is 1. The summed E-state index contributed by atoms with van der Waals surface area (Å²) in [5.74, 6) is -3.11. The van der Waals surface area contributed by atoms with Crippen LogP contribution in [0.2, 0.25) is 0 Å². The molecule has 0 spiro atoms. The lowest BCUT2D eigenvalue weighted by atomic mass is 10.2. The lowest BCUT2D eigenvalue weighted by Gasteiger charge is -2.10. The van der Waals surface area contributed by atoms with Gasteiger partial charge in [-0.05, 0) is 48.9 Å². The Morgan fingerprint density at radius 3 is 2.69 bits per heavy atom. The third-order valence-corrected chi connectivity index (χ3v) is 4.99. The summed E-state index contributed by atoms with van der Waals surface area (Å²) < 4.78 is 36.5. The fraction of sp³-hybridized carbons (Fsp3) is 0.136. The van der Waals surface area contributed by atoms with Crippen molar-refractivity contribution in [2.75, 3.05) is 12.4 Å². The average Bonchev–Trinajstić information content (AvgIpc) is 3.23. The summed E-state index contributed by atoms with van der Waals surface area (Å²) >= 11 is 1.09. The molecule has 7 nitrogen and oxygen atoms in total. The Kier molecular flexibility index (Phi) is 7.16. The maximum absolute atomic E-state index is 13.4. The van der Waals surface area contributed by atoms with Crippen LogP contribution in [0.15, 0.2) is 47.9 Å². The van der Waals surface area contributed by atoms with E-state index in [1.54, 1.807) is 11.4 Å². The molecule has 0 saturated carbocycles. The summed E-state index contributed by atoms with van der Waals surface area (Å²) in [5, 5.41) is 13.9. The van der Waals surface area contributed by atoms with Gasteiger partial charge in [-0.3, -0.25) is 10.1 Å². The van der Waals surface area contributed by atoms with Gasteiger partial charge in [0.05, 0.1) is 12.8 Å². The van der Waals surface area contributed by atoms with Crippen molar-refractivity contribution in [1.29, 1.82) is 0 Å². The van der Waals surface area contributed by atoms with E-state index in [9.17, 15) is 23.5 Å². The standard InChI is InChI=1S/C22H18F2N2O5S/c1-12(31-20(28)8-4-13-3-7-18(27)19(9-13)30-2)21(29)26-22-25-17(11-32-22)14-5-6-15(23)16(24)10-14/h3-12,27H,1-2H3,(H,25,26,29)/b8-4+/t12-/m0/s1. The Bertz CT molecular complexity index is 1180. The molecule has 0 radical (unpaired) electrons. The maximum Gasteiger partial charge on any atom is 0.331 e. The van der Waals surface area contributed by atoms with Gasteiger partial charge in [0.25, 0.3) is 5.91 Å². The van der Waals surface area contributed by atoms with E-state index in [-0.39, 0.29) is 16.6 Å². The van der Waals surface area contributed by atoms with Gasteiger partial charge >= 0.3 is 5.97 Å². The van der Waals surface area contributed by atoms with E-state index < -0.39 is 29.6 Å². The number of hydrogen-bond donors (Lipinski definition) is 2. The number of esters is 1. The van der Waals surface area contributed by atoms with E-state index in [2.05, 4.69) is 10.3 Å². The number of halogens is 2. The van der Waals surface area contributed by atoms with Gasteiger partial charge in [-0.15, -0.1) is 11.3 Å². The SMILES string of the molecule is COc1cc(/C=C/C(=O)O[C@@H](C)C(=O)Nc2nc(-c3ccc(F)c(F)c3)cs2)ccc1O. The molecule has 0 unspecified atom stereocenters. The summed E-state index contributed by atoms with van der Waals surface area (Å²) in [4.78, 5) is 28.5. The molecule has 0 fully saturated rings. The zero-order chi connectivity index (χ0) is 23.3. The lowest BCUT2D eigenvalue weighted by molar-refractivity contribution is -0.148. The molecule has 1 aromatic heterocycles. The molecule has 3 aromatic rings. The average molecular weight is 460 g/mol. The van der Waals surface area contributed by atoms with Gasteiger partial charge in [0.2, 0.25) is 0 Å². The predicted molar refractivity (Wildman–Crippen MR) is 115 cm³/mol. The molecule has 0 saturated heterocycles. The number of phenols is 1. The van der Waals surface area contributed by atoms with Crippen molar-refractivity contribution < 1.29 is 33.0 Å². The number of rotatable bonds is 7. The second-order valence-corrected chi connectivity index (χ2v) is 7.36. The molecule has 3 rings (SSSR count). The molecule has 0 aliphatic heterocycles. The van der Waals surface area contributed by atoms with Crippen molar-refractivity contribution in [3.63, 3.8) is 0 Å². The van der Waals surface area contributed by atoms with Gasteiger partial charge in [0.1, 0.15) is 0 Å². The highest BCUT2D eigenvalue weighted by molar-refractivity contribution is 7.14. The largest absolute Gasteiger partial charge is 0.504 e. The highest BCUT2D eigenvalue weighted by Crippen LogP contribution is 2.27. The third kappa shape index (κ3) is 5.67. The van der Waals surface area contributed by atoms with Gasteiger partial charge in [0, 0.05) is 17.0 Å². The van der Waals surface area contributed by atoms with Gasteiger partial charge in [-0.2, -0.15) is 0 Å². The molecule has 166 valence electrons. The molecule has 2 aromatic carbocycles. The van der Waals surface area contributed by atoms with Crippen LogP contribution in [0.4, 0.5) is 13.9 Å². The summed E-state index contributed by atoms with van der Waals surface area (Å²) in [6.07, 6.45) is 1.47. The number of carbonyl (C=O) groups is 2. The predicted octanol–water partition coefficient (Wildman–Crippen LogP) is 4.39. The Morgan fingerprint density at radius 2 is 1.97 bits per heavy atom. The number of benzene rings is 2. The van der Waals surface area contributed by atoms with Crippen LogP contribution in [-0.2, 0) is 14.3 Å². The number of aromatic nitrogens is 1. The minimum atomic E-state index is -1.11. The van der Waals surface area contributed by atoms with Crippen molar-refractivity contribution in [2.45, 2.75) is 13.0 Å². The molecular formula is C22H18F2N2O5S. The number of ether oxygens (including phenoxy) is 2. The van der Waals surface area contributed by atoms with E-state index in [4.69, 9.17) is 9.47 Å². The van der Waals surface area contributed by atoms with Crippen LogP contribution in [0.5, 0.6) is 11.5 Å². The number of aromatic hydroxyl groups is 1. The van der Waals surface area contributed by atoms with Crippen molar-refractivity contribution in [3.8, 4) is 22.8 Å². The smallest absolute Gasteiger partial charge is 0.331 e. The van der Waals surface area contributed by atoms with Crippen molar-refractivity contribution in [2.24, 2.45) is 0 Å². The fourth-order valence-corrected chi connectivity index (χ4v) is 3.28. The van der Waals surface area contributed by atoms with Gasteiger partial charge < -0.3 is 14.6 Å². The van der Waals surface area contributed by atoms with Crippen LogP contribution in [-0.4, -0.2) is 35.2 Å². The van der Waals surface area contributed by atoms with E-state index in [1.165, 1.54) is 38.3 Å². The number of thiazole rings is 1. The van der Waals surface area contributed by atoms with Gasteiger partial charge in [-0.25, -0.2) is 18.6 Å². The highest BCUT2D eigenvalue weighted by Gasteiger charge is 2.18. The zero-order valence-electron chi connectivity index (χ0n) is 17.0. The third-order valence-electron chi connectivity index (χ3n) is 4.23. The number of hydrogen-bond acceptors (Lipinski definition) is 7. The van der Waals surface area contributed by atoms with E-state index in [0.717, 1.165) is 29.5 Å². The molecule has 1 amide bonds. The fourth-order valence-electron chi connectivity index (χ4n) is 2.56. The summed E-state index contributed by atoms with van der Waals surface area (Å²) in [6.45, 7) is 1.40. The molecule has 0 aliphatic rings. The van der Waals surface area contributed by atoms with Crippen LogP contribution in [0.3, 0.4) is 0 Å². The molecule has 10 heteroatoms. The number of nitrogens with zero attached hydrogens (tertiary/aromatic N) is 1. The first kappa shape index (κ1) is 22.9. The van der Waals surface area contributed by atoms with E-state index >= 15 is 0 Å². The lowest BCUT2D eigenvalue weighted by Crippen LogP contribution is -2.29. The number of nitrogens with one attached hydrogen (secondary N) is 1. The van der Waals surface area contributed by atoms with Crippen molar-refractivity contribution in [3.05, 3.63) is 65.1 Å². The minimum absolute atomic E-state index is 0.0348. The Hall–Kier alpha value is -3.79. The second kappa shape index (κ2) is 10.0.